The Morgan fingerprint density at radius 2 is 1.92 bits per heavy atom. The number of para-hydroxylation sites is 2. The van der Waals surface area contributed by atoms with Gasteiger partial charge in [0.1, 0.15) is 5.01 Å². The molecule has 0 saturated heterocycles. The van der Waals surface area contributed by atoms with Crippen molar-refractivity contribution in [3.63, 3.8) is 0 Å². The summed E-state index contributed by atoms with van der Waals surface area (Å²) in [6, 6.07) is 13.5. The third-order valence-corrected chi connectivity index (χ3v) is 5.05. The van der Waals surface area contributed by atoms with Crippen LogP contribution in [0.15, 0.2) is 42.5 Å². The normalized spacial score (nSPS) is 11.5. The summed E-state index contributed by atoms with van der Waals surface area (Å²) in [5.74, 6) is 0.404. The minimum Gasteiger partial charge on any atom is -0.493 e. The van der Waals surface area contributed by atoms with Crippen molar-refractivity contribution >= 4 is 39.2 Å². The highest BCUT2D eigenvalue weighted by Crippen LogP contribution is 2.36. The maximum atomic E-state index is 11.1. The molecule has 0 radical (unpaired) electrons. The molecular formula is C20H19NO4S. The van der Waals surface area contributed by atoms with Gasteiger partial charge in [0.05, 0.1) is 24.4 Å². The van der Waals surface area contributed by atoms with Gasteiger partial charge in [-0.25, -0.2) is 4.98 Å². The van der Waals surface area contributed by atoms with E-state index >= 15 is 0 Å². The van der Waals surface area contributed by atoms with E-state index in [9.17, 15) is 4.79 Å². The monoisotopic (exact) mass is 369 g/mol. The molecule has 0 saturated carbocycles. The van der Waals surface area contributed by atoms with Crippen molar-refractivity contribution in [1.29, 1.82) is 0 Å². The first-order valence-electron chi connectivity index (χ1n) is 8.11. The van der Waals surface area contributed by atoms with E-state index in [1.807, 2.05) is 48.5 Å². The van der Waals surface area contributed by atoms with Gasteiger partial charge in [0.15, 0.2) is 11.5 Å². The zero-order valence-electron chi connectivity index (χ0n) is 14.6. The molecule has 0 unspecified atom stereocenters. The Balaban J connectivity index is 2.09. The zero-order chi connectivity index (χ0) is 18.5. The van der Waals surface area contributed by atoms with Crippen LogP contribution in [0.3, 0.4) is 0 Å². The van der Waals surface area contributed by atoms with Gasteiger partial charge >= 0.3 is 5.97 Å². The number of aromatic nitrogens is 1. The Kier molecular flexibility index (Phi) is 5.53. The average Bonchev–Trinajstić information content (AvgIpc) is 3.08. The zero-order valence-corrected chi connectivity index (χ0v) is 15.4. The molecule has 0 aliphatic carbocycles. The van der Waals surface area contributed by atoms with Gasteiger partial charge in [0.2, 0.25) is 0 Å². The topological polar surface area (TPSA) is 68.7 Å². The summed E-state index contributed by atoms with van der Waals surface area (Å²) in [6.45, 7) is 0. The Hall–Kier alpha value is -2.86. The number of rotatable bonds is 7. The van der Waals surface area contributed by atoms with Gasteiger partial charge in [0, 0.05) is 12.0 Å². The second kappa shape index (κ2) is 8.01. The summed E-state index contributed by atoms with van der Waals surface area (Å²) in [6.07, 6.45) is 2.35. The molecule has 2 aromatic carbocycles. The van der Waals surface area contributed by atoms with Gasteiger partial charge in [-0.3, -0.25) is 4.79 Å². The number of ether oxygens (including phenoxy) is 2. The first-order chi connectivity index (χ1) is 12.6. The Bertz CT molecular complexity index is 928. The van der Waals surface area contributed by atoms with Gasteiger partial charge < -0.3 is 14.6 Å². The molecule has 0 fully saturated rings. The number of allylic oxidation sites excluding steroid dienone is 1. The molecule has 0 bridgehead atoms. The van der Waals surface area contributed by atoms with Gasteiger partial charge in [-0.15, -0.1) is 11.3 Å². The lowest BCUT2D eigenvalue weighted by Crippen LogP contribution is -1.97. The van der Waals surface area contributed by atoms with E-state index in [0.29, 0.717) is 17.9 Å². The summed E-state index contributed by atoms with van der Waals surface area (Å²) in [5.41, 5.74) is 2.60. The molecule has 0 aliphatic rings. The number of methoxy groups -OCH3 is 2. The van der Waals surface area contributed by atoms with Crippen molar-refractivity contribution in [2.24, 2.45) is 0 Å². The highest BCUT2D eigenvalue weighted by atomic mass is 32.1. The van der Waals surface area contributed by atoms with E-state index < -0.39 is 5.97 Å². The highest BCUT2D eigenvalue weighted by molar-refractivity contribution is 7.19. The van der Waals surface area contributed by atoms with Gasteiger partial charge in [-0.05, 0) is 36.3 Å². The van der Waals surface area contributed by atoms with Crippen LogP contribution in [0.1, 0.15) is 23.4 Å². The second-order valence-corrected chi connectivity index (χ2v) is 6.66. The quantitative estimate of drug-likeness (QED) is 0.653. The first-order valence-corrected chi connectivity index (χ1v) is 8.93. The molecule has 3 aromatic rings. The van der Waals surface area contributed by atoms with Crippen molar-refractivity contribution in [1.82, 2.24) is 4.98 Å². The van der Waals surface area contributed by atoms with Gasteiger partial charge in [0.25, 0.3) is 0 Å². The summed E-state index contributed by atoms with van der Waals surface area (Å²) in [5, 5.41) is 9.93. The summed E-state index contributed by atoms with van der Waals surface area (Å²) < 4.78 is 11.9. The van der Waals surface area contributed by atoms with Crippen LogP contribution in [-0.4, -0.2) is 30.3 Å². The standard InChI is InChI=1S/C20H19NO4S/c1-24-16-8-5-6-13(19(16)25-2)12-14(10-11-18(22)23)20-21-15-7-3-4-9-17(15)26-20/h3-9,12H,10-11H2,1-2H3,(H,22,23)/b14-12-. The number of aliphatic carboxylic acids is 1. The molecule has 0 atom stereocenters. The molecule has 0 aliphatic heterocycles. The van der Waals surface area contributed by atoms with E-state index in [-0.39, 0.29) is 6.42 Å². The van der Waals surface area contributed by atoms with Crippen LogP contribution in [0.4, 0.5) is 0 Å². The lowest BCUT2D eigenvalue weighted by Gasteiger charge is -2.11. The van der Waals surface area contributed by atoms with E-state index in [2.05, 4.69) is 4.98 Å². The van der Waals surface area contributed by atoms with Crippen molar-refractivity contribution in [3.05, 3.63) is 53.0 Å². The largest absolute Gasteiger partial charge is 0.493 e. The molecule has 1 N–H and O–H groups in total. The van der Waals surface area contributed by atoms with E-state index in [0.717, 1.165) is 26.4 Å². The summed E-state index contributed by atoms with van der Waals surface area (Å²) in [4.78, 5) is 15.8. The Morgan fingerprint density at radius 1 is 1.12 bits per heavy atom. The molecule has 6 heteroatoms. The fourth-order valence-corrected chi connectivity index (χ4v) is 3.71. The van der Waals surface area contributed by atoms with E-state index in [1.54, 1.807) is 25.6 Å². The predicted octanol–water partition coefficient (Wildman–Crippen LogP) is 4.72. The van der Waals surface area contributed by atoms with Crippen LogP contribution >= 0.6 is 11.3 Å². The van der Waals surface area contributed by atoms with Crippen molar-refractivity contribution in [3.8, 4) is 11.5 Å². The smallest absolute Gasteiger partial charge is 0.303 e. The van der Waals surface area contributed by atoms with Gasteiger partial charge in [-0.2, -0.15) is 0 Å². The lowest BCUT2D eigenvalue weighted by atomic mass is 10.1. The number of carboxylic acids is 1. The lowest BCUT2D eigenvalue weighted by molar-refractivity contribution is -0.136. The second-order valence-electron chi connectivity index (χ2n) is 5.63. The third kappa shape index (κ3) is 3.86. The number of benzene rings is 2. The number of hydrogen-bond acceptors (Lipinski definition) is 5. The Labute approximate surface area is 155 Å². The minimum absolute atomic E-state index is 0.0358. The van der Waals surface area contributed by atoms with Crippen LogP contribution in [0.25, 0.3) is 21.9 Å². The number of nitrogens with zero attached hydrogens (tertiary/aromatic N) is 1. The molecule has 26 heavy (non-hydrogen) atoms. The third-order valence-electron chi connectivity index (χ3n) is 3.94. The predicted molar refractivity (Wildman–Crippen MR) is 104 cm³/mol. The fourth-order valence-electron chi connectivity index (χ4n) is 2.71. The van der Waals surface area contributed by atoms with Crippen LogP contribution in [-0.2, 0) is 4.79 Å². The average molecular weight is 369 g/mol. The highest BCUT2D eigenvalue weighted by Gasteiger charge is 2.14. The number of thiazole rings is 1. The van der Waals surface area contributed by atoms with E-state index in [1.165, 1.54) is 0 Å². The molecular weight excluding hydrogens is 350 g/mol. The molecule has 0 amide bonds. The van der Waals surface area contributed by atoms with Crippen molar-refractivity contribution in [2.75, 3.05) is 14.2 Å². The van der Waals surface area contributed by atoms with Crippen LogP contribution in [0.5, 0.6) is 11.5 Å². The number of hydrogen-bond donors (Lipinski definition) is 1. The molecule has 0 spiro atoms. The van der Waals surface area contributed by atoms with Crippen LogP contribution in [0, 0.1) is 0 Å². The minimum atomic E-state index is -0.838. The molecule has 5 nitrogen and oxygen atoms in total. The summed E-state index contributed by atoms with van der Waals surface area (Å²) >= 11 is 1.56. The molecule has 3 rings (SSSR count). The molecule has 1 aromatic heterocycles. The van der Waals surface area contributed by atoms with E-state index in [4.69, 9.17) is 14.6 Å². The first kappa shape index (κ1) is 17.9. The van der Waals surface area contributed by atoms with Crippen molar-refractivity contribution < 1.29 is 19.4 Å². The Morgan fingerprint density at radius 3 is 2.62 bits per heavy atom. The van der Waals surface area contributed by atoms with Crippen molar-refractivity contribution in [2.45, 2.75) is 12.8 Å². The fraction of sp³-hybridized carbons (Fsp3) is 0.200. The van der Waals surface area contributed by atoms with Crippen LogP contribution in [0.2, 0.25) is 0 Å². The maximum Gasteiger partial charge on any atom is 0.303 e. The van der Waals surface area contributed by atoms with Crippen LogP contribution < -0.4 is 9.47 Å². The van der Waals surface area contributed by atoms with Gasteiger partial charge in [-0.1, -0.05) is 24.3 Å². The number of carboxylic acid groups (broad SMARTS) is 1. The number of fused-ring (bicyclic) bond motifs is 1. The number of carbonyl (C=O) groups is 1. The molecule has 1 heterocycles. The maximum absolute atomic E-state index is 11.1. The summed E-state index contributed by atoms with van der Waals surface area (Å²) in [7, 11) is 3.17. The molecule has 134 valence electrons. The SMILES string of the molecule is COc1cccc(/C=C(/CCC(=O)O)c2nc3ccccc3s2)c1OC.